The molecule has 0 saturated carbocycles. The lowest BCUT2D eigenvalue weighted by atomic mass is 10.1. The molecule has 0 aliphatic carbocycles. The molecule has 0 aliphatic heterocycles. The Hall–Kier alpha value is -1.90. The Balaban J connectivity index is 2.46. The van der Waals surface area contributed by atoms with Gasteiger partial charge in [0.25, 0.3) is 0 Å². The van der Waals surface area contributed by atoms with E-state index in [-0.39, 0.29) is 5.78 Å². The molecule has 1 aromatic carbocycles. The first-order chi connectivity index (χ1) is 7.33. The fourth-order valence-corrected chi connectivity index (χ4v) is 1.41. The zero-order valence-electron chi connectivity index (χ0n) is 8.43. The number of benzene rings is 1. The van der Waals surface area contributed by atoms with Crippen LogP contribution in [0.2, 0.25) is 0 Å². The van der Waals surface area contributed by atoms with Crippen molar-refractivity contribution in [1.82, 2.24) is 4.98 Å². The summed E-state index contributed by atoms with van der Waals surface area (Å²) in [6, 6.07) is 9.51. The molecular weight excluding hydrogens is 190 g/mol. The molecule has 0 atom stereocenters. The van der Waals surface area contributed by atoms with Crippen molar-refractivity contribution in [2.45, 2.75) is 13.3 Å². The molecular formula is C12H11NO2. The molecule has 0 unspecified atom stereocenters. The number of hydrogen-bond acceptors (Lipinski definition) is 3. The van der Waals surface area contributed by atoms with Crippen molar-refractivity contribution >= 4 is 5.78 Å². The highest BCUT2D eigenvalue weighted by molar-refractivity contribution is 5.98. The van der Waals surface area contributed by atoms with Gasteiger partial charge in [-0.25, -0.2) is 4.98 Å². The summed E-state index contributed by atoms with van der Waals surface area (Å²) in [6.07, 6.45) is 1.75. The average Bonchev–Trinajstić information content (AvgIpc) is 2.78. The Labute approximate surface area is 87.8 Å². The van der Waals surface area contributed by atoms with E-state index in [9.17, 15) is 4.79 Å². The van der Waals surface area contributed by atoms with Crippen LogP contribution in [0.5, 0.6) is 0 Å². The van der Waals surface area contributed by atoms with E-state index < -0.39 is 0 Å². The van der Waals surface area contributed by atoms with Gasteiger partial charge in [-0.3, -0.25) is 4.79 Å². The summed E-state index contributed by atoms with van der Waals surface area (Å²) < 4.78 is 5.24. The Morgan fingerprint density at radius 2 is 2.07 bits per heavy atom. The summed E-state index contributed by atoms with van der Waals surface area (Å²) in [6.45, 7) is 1.81. The normalized spacial score (nSPS) is 10.2. The van der Waals surface area contributed by atoms with Crippen LogP contribution in [0.25, 0.3) is 11.3 Å². The zero-order valence-corrected chi connectivity index (χ0v) is 8.43. The van der Waals surface area contributed by atoms with Crippen LogP contribution in [0.15, 0.2) is 41.1 Å². The summed E-state index contributed by atoms with van der Waals surface area (Å²) in [7, 11) is 0. The third kappa shape index (κ3) is 1.81. The number of carbonyl (C=O) groups is 1. The van der Waals surface area contributed by atoms with Gasteiger partial charge in [0.15, 0.2) is 23.6 Å². The molecule has 3 nitrogen and oxygen atoms in total. The quantitative estimate of drug-likeness (QED) is 0.717. The fourth-order valence-electron chi connectivity index (χ4n) is 1.41. The second-order valence-electron chi connectivity index (χ2n) is 3.17. The van der Waals surface area contributed by atoms with Crippen LogP contribution in [-0.2, 0) is 0 Å². The molecule has 3 heteroatoms. The van der Waals surface area contributed by atoms with Crippen molar-refractivity contribution in [2.75, 3.05) is 0 Å². The standard InChI is InChI=1S/C12H11NO2/c1-2-10(14)11-12(15-8-13-11)9-6-4-3-5-7-9/h3-8H,2H2,1H3. The van der Waals surface area contributed by atoms with Crippen LogP contribution in [0, 0.1) is 0 Å². The van der Waals surface area contributed by atoms with Crippen LogP contribution in [0.1, 0.15) is 23.8 Å². The first-order valence-electron chi connectivity index (χ1n) is 4.85. The van der Waals surface area contributed by atoms with E-state index in [1.165, 1.54) is 6.39 Å². The number of carbonyl (C=O) groups excluding carboxylic acids is 1. The molecule has 0 saturated heterocycles. The van der Waals surface area contributed by atoms with Crippen molar-refractivity contribution in [2.24, 2.45) is 0 Å². The molecule has 0 spiro atoms. The highest BCUT2D eigenvalue weighted by Crippen LogP contribution is 2.23. The first kappa shape index (κ1) is 9.65. The summed E-state index contributed by atoms with van der Waals surface area (Å²) in [5.74, 6) is 0.560. The van der Waals surface area contributed by atoms with Crippen molar-refractivity contribution < 1.29 is 9.21 Å². The van der Waals surface area contributed by atoms with Gasteiger partial charge in [0, 0.05) is 12.0 Å². The molecule has 0 fully saturated rings. The zero-order chi connectivity index (χ0) is 10.7. The number of rotatable bonds is 3. The van der Waals surface area contributed by atoms with Crippen LogP contribution in [0.4, 0.5) is 0 Å². The van der Waals surface area contributed by atoms with Gasteiger partial charge in [0.2, 0.25) is 0 Å². The number of aromatic nitrogens is 1. The summed E-state index contributed by atoms with van der Waals surface area (Å²) in [5, 5.41) is 0. The average molecular weight is 201 g/mol. The van der Waals surface area contributed by atoms with Crippen molar-refractivity contribution in [1.29, 1.82) is 0 Å². The Morgan fingerprint density at radius 1 is 1.33 bits per heavy atom. The van der Waals surface area contributed by atoms with Gasteiger partial charge < -0.3 is 4.42 Å². The SMILES string of the molecule is CCC(=O)c1ncoc1-c1ccccc1. The number of ketones is 1. The lowest BCUT2D eigenvalue weighted by molar-refractivity contribution is 0.0984. The minimum Gasteiger partial charge on any atom is -0.443 e. The Morgan fingerprint density at radius 3 is 2.73 bits per heavy atom. The van der Waals surface area contributed by atoms with Crippen LogP contribution in [0.3, 0.4) is 0 Å². The monoisotopic (exact) mass is 201 g/mol. The lowest BCUT2D eigenvalue weighted by Crippen LogP contribution is -1.98. The van der Waals surface area contributed by atoms with Gasteiger partial charge in [0.05, 0.1) is 0 Å². The molecule has 15 heavy (non-hydrogen) atoms. The van der Waals surface area contributed by atoms with E-state index in [1.807, 2.05) is 37.3 Å². The van der Waals surface area contributed by atoms with E-state index in [0.717, 1.165) is 5.56 Å². The Bertz CT molecular complexity index is 459. The van der Waals surface area contributed by atoms with Crippen molar-refractivity contribution in [3.63, 3.8) is 0 Å². The number of nitrogens with zero attached hydrogens (tertiary/aromatic N) is 1. The molecule has 76 valence electrons. The smallest absolute Gasteiger partial charge is 0.184 e. The second-order valence-corrected chi connectivity index (χ2v) is 3.17. The second kappa shape index (κ2) is 4.09. The van der Waals surface area contributed by atoms with E-state index in [2.05, 4.69) is 4.98 Å². The van der Waals surface area contributed by atoms with Crippen molar-refractivity contribution in [3.8, 4) is 11.3 Å². The molecule has 0 aliphatic rings. The summed E-state index contributed by atoms with van der Waals surface area (Å²) in [4.78, 5) is 15.5. The van der Waals surface area contributed by atoms with Gasteiger partial charge >= 0.3 is 0 Å². The molecule has 0 radical (unpaired) electrons. The van der Waals surface area contributed by atoms with E-state index in [4.69, 9.17) is 4.42 Å². The van der Waals surface area contributed by atoms with Crippen LogP contribution < -0.4 is 0 Å². The largest absolute Gasteiger partial charge is 0.443 e. The molecule has 0 N–H and O–H groups in total. The van der Waals surface area contributed by atoms with Gasteiger partial charge in [0.1, 0.15) is 0 Å². The van der Waals surface area contributed by atoms with Gasteiger partial charge in [-0.05, 0) is 0 Å². The van der Waals surface area contributed by atoms with E-state index >= 15 is 0 Å². The predicted octanol–water partition coefficient (Wildman–Crippen LogP) is 2.93. The first-order valence-corrected chi connectivity index (χ1v) is 4.85. The molecule has 2 rings (SSSR count). The highest BCUT2D eigenvalue weighted by atomic mass is 16.3. The number of Topliss-reactive ketones (excluding diaryl/α,β-unsaturated/α-hetero) is 1. The third-order valence-corrected chi connectivity index (χ3v) is 2.19. The maximum Gasteiger partial charge on any atom is 0.184 e. The lowest BCUT2D eigenvalue weighted by Gasteiger charge is -1.98. The van der Waals surface area contributed by atoms with Gasteiger partial charge in [-0.1, -0.05) is 37.3 Å². The van der Waals surface area contributed by atoms with Crippen LogP contribution >= 0.6 is 0 Å². The third-order valence-electron chi connectivity index (χ3n) is 2.19. The number of hydrogen-bond donors (Lipinski definition) is 0. The maximum atomic E-state index is 11.5. The molecule has 1 aromatic heterocycles. The number of oxazole rings is 1. The Kier molecular flexibility index (Phi) is 2.63. The maximum absolute atomic E-state index is 11.5. The minimum atomic E-state index is 0.00241. The van der Waals surface area contributed by atoms with E-state index in [0.29, 0.717) is 17.9 Å². The van der Waals surface area contributed by atoms with Crippen molar-refractivity contribution in [3.05, 3.63) is 42.4 Å². The summed E-state index contributed by atoms with van der Waals surface area (Å²) in [5.41, 5.74) is 1.30. The van der Waals surface area contributed by atoms with Gasteiger partial charge in [-0.15, -0.1) is 0 Å². The highest BCUT2D eigenvalue weighted by Gasteiger charge is 2.15. The van der Waals surface area contributed by atoms with E-state index in [1.54, 1.807) is 0 Å². The molecule has 2 aromatic rings. The predicted molar refractivity (Wildman–Crippen MR) is 56.6 cm³/mol. The molecule has 1 heterocycles. The fraction of sp³-hybridized carbons (Fsp3) is 0.167. The molecule has 0 amide bonds. The molecule has 0 bridgehead atoms. The van der Waals surface area contributed by atoms with Crippen LogP contribution in [-0.4, -0.2) is 10.8 Å². The minimum absolute atomic E-state index is 0.00241. The topological polar surface area (TPSA) is 43.1 Å². The summed E-state index contributed by atoms with van der Waals surface area (Å²) >= 11 is 0. The van der Waals surface area contributed by atoms with Gasteiger partial charge in [-0.2, -0.15) is 0 Å².